The van der Waals surface area contributed by atoms with Crippen molar-refractivity contribution in [3.63, 3.8) is 0 Å². The maximum Gasteiger partial charge on any atom is 0.271 e. The first-order chi connectivity index (χ1) is 10.0. The van der Waals surface area contributed by atoms with E-state index in [9.17, 15) is 9.90 Å². The molecule has 7 heteroatoms. The van der Waals surface area contributed by atoms with Crippen molar-refractivity contribution in [1.29, 1.82) is 0 Å². The van der Waals surface area contributed by atoms with Crippen molar-refractivity contribution in [2.75, 3.05) is 0 Å². The number of amides is 1. The standard InChI is InChI=1S/C14H19N5O2/c1-4-19-13(8-16-18-19)14(21)15-7-11-5-6-12(10(3)20)9(2)17-11/h5-6,8,10,20H,4,7H2,1-3H3,(H,15,21)/t10-/m0/s1. The van der Waals surface area contributed by atoms with Gasteiger partial charge in [0, 0.05) is 17.8 Å². The van der Waals surface area contributed by atoms with Crippen LogP contribution in [0.1, 0.15) is 47.4 Å². The zero-order chi connectivity index (χ0) is 15.4. The Kier molecular flexibility index (Phi) is 4.64. The van der Waals surface area contributed by atoms with Crippen LogP contribution in [0, 0.1) is 6.92 Å². The normalized spacial score (nSPS) is 12.2. The number of carbonyl (C=O) groups is 1. The molecule has 0 radical (unpaired) electrons. The lowest BCUT2D eigenvalue weighted by Gasteiger charge is -2.10. The van der Waals surface area contributed by atoms with Gasteiger partial charge in [0.25, 0.3) is 5.91 Å². The fraction of sp³-hybridized carbons (Fsp3) is 0.429. The van der Waals surface area contributed by atoms with Crippen LogP contribution in [-0.2, 0) is 13.1 Å². The molecule has 7 nitrogen and oxygen atoms in total. The van der Waals surface area contributed by atoms with Gasteiger partial charge in [-0.2, -0.15) is 0 Å². The van der Waals surface area contributed by atoms with E-state index in [0.717, 1.165) is 17.0 Å². The van der Waals surface area contributed by atoms with Gasteiger partial charge in [0.2, 0.25) is 0 Å². The molecule has 0 spiro atoms. The summed E-state index contributed by atoms with van der Waals surface area (Å²) in [4.78, 5) is 16.4. The molecule has 0 saturated heterocycles. The Balaban J connectivity index is 2.03. The highest BCUT2D eigenvalue weighted by Crippen LogP contribution is 2.15. The number of aliphatic hydroxyl groups is 1. The van der Waals surface area contributed by atoms with Crippen LogP contribution >= 0.6 is 0 Å². The lowest BCUT2D eigenvalue weighted by molar-refractivity contribution is 0.0939. The Bertz CT molecular complexity index is 636. The number of nitrogens with zero attached hydrogens (tertiary/aromatic N) is 4. The minimum Gasteiger partial charge on any atom is -0.389 e. The Morgan fingerprint density at radius 3 is 2.86 bits per heavy atom. The van der Waals surface area contributed by atoms with Crippen molar-refractivity contribution in [1.82, 2.24) is 25.3 Å². The summed E-state index contributed by atoms with van der Waals surface area (Å²) in [5.74, 6) is -0.235. The molecular formula is C14H19N5O2. The predicted octanol–water partition coefficient (Wildman–Crippen LogP) is 0.985. The van der Waals surface area contributed by atoms with Gasteiger partial charge in [0.1, 0.15) is 5.69 Å². The summed E-state index contributed by atoms with van der Waals surface area (Å²) in [7, 11) is 0. The molecule has 2 aromatic rings. The summed E-state index contributed by atoms with van der Waals surface area (Å²) in [5.41, 5.74) is 2.71. The van der Waals surface area contributed by atoms with Gasteiger partial charge < -0.3 is 10.4 Å². The third kappa shape index (κ3) is 3.43. The Hall–Kier alpha value is -2.28. The van der Waals surface area contributed by atoms with Gasteiger partial charge in [0.15, 0.2) is 0 Å². The Morgan fingerprint density at radius 1 is 1.48 bits per heavy atom. The molecule has 1 amide bonds. The molecule has 0 aliphatic heterocycles. The monoisotopic (exact) mass is 289 g/mol. The molecule has 0 aliphatic carbocycles. The number of pyridine rings is 1. The van der Waals surface area contributed by atoms with Gasteiger partial charge in [-0.1, -0.05) is 11.3 Å². The summed E-state index contributed by atoms with van der Waals surface area (Å²) >= 11 is 0. The maximum atomic E-state index is 12.0. The minimum atomic E-state index is -0.550. The number of aliphatic hydroxyl groups excluding tert-OH is 1. The van der Waals surface area contributed by atoms with E-state index in [1.54, 1.807) is 13.0 Å². The molecule has 2 aromatic heterocycles. The molecule has 2 N–H and O–H groups in total. The smallest absolute Gasteiger partial charge is 0.271 e. The summed E-state index contributed by atoms with van der Waals surface area (Å²) in [6, 6.07) is 3.62. The SMILES string of the molecule is CCn1nncc1C(=O)NCc1ccc([C@H](C)O)c(C)n1. The average Bonchev–Trinajstić information content (AvgIpc) is 2.92. The van der Waals surface area contributed by atoms with E-state index in [0.29, 0.717) is 18.8 Å². The third-order valence-corrected chi connectivity index (χ3v) is 3.21. The largest absolute Gasteiger partial charge is 0.389 e. The van der Waals surface area contributed by atoms with Crippen molar-refractivity contribution < 1.29 is 9.90 Å². The number of carbonyl (C=O) groups excluding carboxylic acids is 1. The highest BCUT2D eigenvalue weighted by Gasteiger charge is 2.12. The number of hydrogen-bond acceptors (Lipinski definition) is 5. The van der Waals surface area contributed by atoms with E-state index >= 15 is 0 Å². The molecule has 0 unspecified atom stereocenters. The highest BCUT2D eigenvalue weighted by atomic mass is 16.3. The van der Waals surface area contributed by atoms with E-state index in [2.05, 4.69) is 20.6 Å². The minimum absolute atomic E-state index is 0.235. The first-order valence-electron chi connectivity index (χ1n) is 6.84. The molecule has 21 heavy (non-hydrogen) atoms. The predicted molar refractivity (Wildman–Crippen MR) is 76.5 cm³/mol. The zero-order valence-corrected chi connectivity index (χ0v) is 12.4. The van der Waals surface area contributed by atoms with E-state index < -0.39 is 6.10 Å². The molecular weight excluding hydrogens is 270 g/mol. The van der Waals surface area contributed by atoms with E-state index in [4.69, 9.17) is 0 Å². The Labute approximate surface area is 123 Å². The van der Waals surface area contributed by atoms with Crippen LogP contribution in [0.15, 0.2) is 18.3 Å². The topological polar surface area (TPSA) is 92.9 Å². The van der Waals surface area contributed by atoms with Gasteiger partial charge >= 0.3 is 0 Å². The molecule has 2 rings (SSSR count). The molecule has 0 aliphatic rings. The number of aromatic nitrogens is 4. The summed E-state index contributed by atoms with van der Waals surface area (Å²) in [6.45, 7) is 6.33. The van der Waals surface area contributed by atoms with Gasteiger partial charge in [-0.25, -0.2) is 4.68 Å². The van der Waals surface area contributed by atoms with Crippen molar-refractivity contribution in [3.8, 4) is 0 Å². The second-order valence-electron chi connectivity index (χ2n) is 4.77. The second-order valence-corrected chi connectivity index (χ2v) is 4.77. The van der Waals surface area contributed by atoms with Crippen LogP contribution in [-0.4, -0.2) is 31.0 Å². The molecule has 2 heterocycles. The number of nitrogens with one attached hydrogen (secondary N) is 1. The molecule has 0 fully saturated rings. The van der Waals surface area contributed by atoms with Crippen molar-refractivity contribution >= 4 is 5.91 Å². The fourth-order valence-electron chi connectivity index (χ4n) is 2.09. The van der Waals surface area contributed by atoms with Crippen molar-refractivity contribution in [3.05, 3.63) is 41.0 Å². The van der Waals surface area contributed by atoms with E-state index in [1.165, 1.54) is 10.9 Å². The van der Waals surface area contributed by atoms with Crippen LogP contribution in [0.2, 0.25) is 0 Å². The second kappa shape index (κ2) is 6.45. The summed E-state index contributed by atoms with van der Waals surface area (Å²) in [6.07, 6.45) is 0.889. The van der Waals surface area contributed by atoms with Gasteiger partial charge in [-0.05, 0) is 26.8 Å². The molecule has 0 bridgehead atoms. The van der Waals surface area contributed by atoms with E-state index in [1.807, 2.05) is 19.9 Å². The quantitative estimate of drug-likeness (QED) is 0.856. The highest BCUT2D eigenvalue weighted by molar-refractivity contribution is 5.92. The third-order valence-electron chi connectivity index (χ3n) is 3.21. The summed E-state index contributed by atoms with van der Waals surface area (Å²) < 4.78 is 1.53. The number of hydrogen-bond donors (Lipinski definition) is 2. The molecule has 0 aromatic carbocycles. The van der Waals surface area contributed by atoms with Crippen LogP contribution in [0.3, 0.4) is 0 Å². The number of rotatable bonds is 5. The van der Waals surface area contributed by atoms with Gasteiger partial charge in [0.05, 0.1) is 24.5 Å². The van der Waals surface area contributed by atoms with Crippen molar-refractivity contribution in [2.45, 2.75) is 40.0 Å². The first kappa shape index (κ1) is 15.1. The average molecular weight is 289 g/mol. The van der Waals surface area contributed by atoms with Gasteiger partial charge in [-0.3, -0.25) is 9.78 Å². The fourth-order valence-corrected chi connectivity index (χ4v) is 2.09. The number of aryl methyl sites for hydroxylation is 2. The first-order valence-corrected chi connectivity index (χ1v) is 6.84. The molecule has 1 atom stereocenters. The van der Waals surface area contributed by atoms with E-state index in [-0.39, 0.29) is 5.91 Å². The lowest BCUT2D eigenvalue weighted by Crippen LogP contribution is -2.26. The maximum absolute atomic E-state index is 12.0. The van der Waals surface area contributed by atoms with Crippen LogP contribution in [0.5, 0.6) is 0 Å². The van der Waals surface area contributed by atoms with Crippen molar-refractivity contribution in [2.24, 2.45) is 0 Å². The lowest BCUT2D eigenvalue weighted by atomic mass is 10.1. The van der Waals surface area contributed by atoms with Crippen LogP contribution in [0.4, 0.5) is 0 Å². The van der Waals surface area contributed by atoms with Crippen LogP contribution < -0.4 is 5.32 Å². The van der Waals surface area contributed by atoms with Crippen LogP contribution in [0.25, 0.3) is 0 Å². The molecule has 112 valence electrons. The summed E-state index contributed by atoms with van der Waals surface area (Å²) in [5, 5.41) is 19.9. The van der Waals surface area contributed by atoms with Gasteiger partial charge in [-0.15, -0.1) is 5.10 Å². The molecule has 0 saturated carbocycles. The zero-order valence-electron chi connectivity index (χ0n) is 12.4. The Morgan fingerprint density at radius 2 is 2.24 bits per heavy atom.